The standard InChI is InChI=1S/C11H19N3/c1-3-14(8-6-12)10(2)11-5-4-7-13-9-11/h4-5,7,9-10H,3,6,8,12H2,1-2H3. The van der Waals surface area contributed by atoms with Gasteiger partial charge in [-0.25, -0.2) is 0 Å². The van der Waals surface area contributed by atoms with E-state index in [4.69, 9.17) is 5.73 Å². The highest BCUT2D eigenvalue weighted by Crippen LogP contribution is 2.17. The summed E-state index contributed by atoms with van der Waals surface area (Å²) < 4.78 is 0. The van der Waals surface area contributed by atoms with E-state index in [1.807, 2.05) is 12.3 Å². The molecule has 1 atom stereocenters. The number of hydrogen-bond acceptors (Lipinski definition) is 3. The molecule has 0 fully saturated rings. The molecule has 0 aliphatic rings. The molecular formula is C11H19N3. The van der Waals surface area contributed by atoms with E-state index in [0.717, 1.165) is 13.1 Å². The first kappa shape index (κ1) is 11.1. The molecule has 2 N–H and O–H groups in total. The lowest BCUT2D eigenvalue weighted by Crippen LogP contribution is -2.31. The van der Waals surface area contributed by atoms with Crippen LogP contribution in [0.15, 0.2) is 24.5 Å². The van der Waals surface area contributed by atoms with Crippen LogP contribution in [0.3, 0.4) is 0 Å². The van der Waals surface area contributed by atoms with Gasteiger partial charge in [0.25, 0.3) is 0 Å². The van der Waals surface area contributed by atoms with Crippen molar-refractivity contribution in [3.8, 4) is 0 Å². The van der Waals surface area contributed by atoms with E-state index in [1.54, 1.807) is 6.20 Å². The fourth-order valence-electron chi connectivity index (χ4n) is 1.63. The Labute approximate surface area is 85.9 Å². The molecule has 3 nitrogen and oxygen atoms in total. The van der Waals surface area contributed by atoms with Gasteiger partial charge in [0.2, 0.25) is 0 Å². The van der Waals surface area contributed by atoms with Crippen LogP contribution in [0.2, 0.25) is 0 Å². The molecule has 1 aromatic rings. The highest BCUT2D eigenvalue weighted by atomic mass is 15.1. The minimum atomic E-state index is 0.400. The van der Waals surface area contributed by atoms with E-state index in [1.165, 1.54) is 5.56 Å². The molecule has 0 spiro atoms. The van der Waals surface area contributed by atoms with Crippen LogP contribution in [0.1, 0.15) is 25.5 Å². The van der Waals surface area contributed by atoms with Gasteiger partial charge >= 0.3 is 0 Å². The Morgan fingerprint density at radius 2 is 2.36 bits per heavy atom. The van der Waals surface area contributed by atoms with Crippen LogP contribution in [0.4, 0.5) is 0 Å². The smallest absolute Gasteiger partial charge is 0.0335 e. The summed E-state index contributed by atoms with van der Waals surface area (Å²) in [6.07, 6.45) is 3.72. The van der Waals surface area contributed by atoms with Crippen molar-refractivity contribution in [1.29, 1.82) is 0 Å². The lowest BCUT2D eigenvalue weighted by molar-refractivity contribution is 0.228. The van der Waals surface area contributed by atoms with E-state index in [9.17, 15) is 0 Å². The molecule has 0 amide bonds. The predicted molar refractivity (Wildman–Crippen MR) is 59.0 cm³/mol. The second kappa shape index (κ2) is 5.73. The summed E-state index contributed by atoms with van der Waals surface area (Å²) in [6, 6.07) is 4.48. The fourth-order valence-corrected chi connectivity index (χ4v) is 1.63. The van der Waals surface area contributed by atoms with Gasteiger partial charge in [-0.3, -0.25) is 9.88 Å². The van der Waals surface area contributed by atoms with Gasteiger partial charge in [0.15, 0.2) is 0 Å². The Balaban J connectivity index is 2.67. The van der Waals surface area contributed by atoms with E-state index < -0.39 is 0 Å². The lowest BCUT2D eigenvalue weighted by atomic mass is 10.1. The number of rotatable bonds is 5. The minimum absolute atomic E-state index is 0.400. The number of pyridine rings is 1. The van der Waals surface area contributed by atoms with E-state index >= 15 is 0 Å². The summed E-state index contributed by atoms with van der Waals surface area (Å²) in [6.45, 7) is 7.01. The minimum Gasteiger partial charge on any atom is -0.329 e. The lowest BCUT2D eigenvalue weighted by Gasteiger charge is -2.27. The summed E-state index contributed by atoms with van der Waals surface area (Å²) >= 11 is 0. The summed E-state index contributed by atoms with van der Waals surface area (Å²) in [5.41, 5.74) is 6.82. The topological polar surface area (TPSA) is 42.1 Å². The quantitative estimate of drug-likeness (QED) is 0.769. The first-order chi connectivity index (χ1) is 6.79. The van der Waals surface area contributed by atoms with Crippen LogP contribution in [0.25, 0.3) is 0 Å². The van der Waals surface area contributed by atoms with Crippen LogP contribution >= 0.6 is 0 Å². The molecule has 0 saturated heterocycles. The number of nitrogens with zero attached hydrogens (tertiary/aromatic N) is 2. The molecule has 1 heterocycles. The van der Waals surface area contributed by atoms with Gasteiger partial charge in [0, 0.05) is 31.5 Å². The van der Waals surface area contributed by atoms with Crippen LogP contribution in [0, 0.1) is 0 Å². The third-order valence-corrected chi connectivity index (χ3v) is 2.54. The molecule has 0 aliphatic heterocycles. The molecule has 1 rings (SSSR count). The van der Waals surface area contributed by atoms with Crippen molar-refractivity contribution in [2.24, 2.45) is 5.73 Å². The highest BCUT2D eigenvalue weighted by Gasteiger charge is 2.12. The van der Waals surface area contributed by atoms with Crippen molar-refractivity contribution >= 4 is 0 Å². The maximum Gasteiger partial charge on any atom is 0.0335 e. The van der Waals surface area contributed by atoms with Crippen molar-refractivity contribution in [3.63, 3.8) is 0 Å². The third-order valence-electron chi connectivity index (χ3n) is 2.54. The molecule has 0 saturated carbocycles. The fraction of sp³-hybridized carbons (Fsp3) is 0.545. The van der Waals surface area contributed by atoms with E-state index in [-0.39, 0.29) is 0 Å². The first-order valence-corrected chi connectivity index (χ1v) is 5.13. The molecule has 0 aromatic carbocycles. The van der Waals surface area contributed by atoms with Crippen molar-refractivity contribution in [1.82, 2.24) is 9.88 Å². The maximum absolute atomic E-state index is 5.56. The molecule has 1 aromatic heterocycles. The van der Waals surface area contributed by atoms with Gasteiger partial charge in [0.1, 0.15) is 0 Å². The molecule has 1 unspecified atom stereocenters. The Morgan fingerprint density at radius 1 is 1.57 bits per heavy atom. The summed E-state index contributed by atoms with van der Waals surface area (Å²) in [5, 5.41) is 0. The maximum atomic E-state index is 5.56. The van der Waals surface area contributed by atoms with E-state index in [0.29, 0.717) is 12.6 Å². The van der Waals surface area contributed by atoms with Gasteiger partial charge in [-0.05, 0) is 25.1 Å². The van der Waals surface area contributed by atoms with Crippen LogP contribution in [-0.2, 0) is 0 Å². The highest BCUT2D eigenvalue weighted by molar-refractivity contribution is 5.12. The molecular weight excluding hydrogens is 174 g/mol. The SMILES string of the molecule is CCN(CCN)C(C)c1cccnc1. The second-order valence-electron chi connectivity index (χ2n) is 3.38. The number of hydrogen-bond donors (Lipinski definition) is 1. The summed E-state index contributed by atoms with van der Waals surface area (Å²) in [5.74, 6) is 0. The zero-order valence-corrected chi connectivity index (χ0v) is 8.98. The molecule has 14 heavy (non-hydrogen) atoms. The van der Waals surface area contributed by atoms with Crippen molar-refractivity contribution in [2.75, 3.05) is 19.6 Å². The zero-order valence-electron chi connectivity index (χ0n) is 8.98. The van der Waals surface area contributed by atoms with E-state index in [2.05, 4.69) is 29.8 Å². The molecule has 0 bridgehead atoms. The Bertz CT molecular complexity index is 248. The average molecular weight is 193 g/mol. The molecule has 78 valence electrons. The van der Waals surface area contributed by atoms with Crippen molar-refractivity contribution in [3.05, 3.63) is 30.1 Å². The zero-order chi connectivity index (χ0) is 10.4. The van der Waals surface area contributed by atoms with Crippen LogP contribution in [-0.4, -0.2) is 29.5 Å². The monoisotopic (exact) mass is 193 g/mol. The Morgan fingerprint density at radius 3 is 2.86 bits per heavy atom. The predicted octanol–water partition coefficient (Wildman–Crippen LogP) is 1.42. The Hall–Kier alpha value is -0.930. The van der Waals surface area contributed by atoms with Gasteiger partial charge < -0.3 is 5.73 Å². The number of aromatic nitrogens is 1. The third kappa shape index (κ3) is 2.79. The molecule has 0 radical (unpaired) electrons. The van der Waals surface area contributed by atoms with Gasteiger partial charge in [-0.2, -0.15) is 0 Å². The largest absolute Gasteiger partial charge is 0.329 e. The Kier molecular flexibility index (Phi) is 4.56. The second-order valence-corrected chi connectivity index (χ2v) is 3.38. The first-order valence-electron chi connectivity index (χ1n) is 5.13. The van der Waals surface area contributed by atoms with Gasteiger partial charge in [-0.1, -0.05) is 13.0 Å². The van der Waals surface area contributed by atoms with Crippen LogP contribution in [0.5, 0.6) is 0 Å². The summed E-state index contributed by atoms with van der Waals surface area (Å²) in [4.78, 5) is 6.47. The van der Waals surface area contributed by atoms with Crippen molar-refractivity contribution in [2.45, 2.75) is 19.9 Å². The van der Waals surface area contributed by atoms with Crippen LogP contribution < -0.4 is 5.73 Å². The summed E-state index contributed by atoms with van der Waals surface area (Å²) in [7, 11) is 0. The average Bonchev–Trinajstić information content (AvgIpc) is 2.26. The molecule has 0 aliphatic carbocycles. The van der Waals surface area contributed by atoms with Crippen molar-refractivity contribution < 1.29 is 0 Å². The van der Waals surface area contributed by atoms with Gasteiger partial charge in [-0.15, -0.1) is 0 Å². The van der Waals surface area contributed by atoms with Gasteiger partial charge in [0.05, 0.1) is 0 Å². The number of nitrogens with two attached hydrogens (primary N) is 1. The molecule has 3 heteroatoms. The normalized spacial score (nSPS) is 13.1. The number of likely N-dealkylation sites (N-methyl/N-ethyl adjacent to an activating group) is 1.